The minimum Gasteiger partial charge on any atom is -1.00 e. The highest BCUT2D eigenvalue weighted by Gasteiger charge is 2.24. The highest BCUT2D eigenvalue weighted by Crippen LogP contribution is 2.26. The van der Waals surface area contributed by atoms with E-state index >= 15 is 0 Å². The maximum Gasteiger partial charge on any atom is 0.276 e. The van der Waals surface area contributed by atoms with Crippen molar-refractivity contribution >= 4 is 40.2 Å². The molecule has 2 heterocycles. The average Bonchev–Trinajstić information content (AvgIpc) is 3.10. The van der Waals surface area contributed by atoms with Gasteiger partial charge in [0.2, 0.25) is 0 Å². The molecular weight excluding hydrogens is 569 g/mol. The fraction of sp³-hybridized carbons (Fsp3) is 0.217. The van der Waals surface area contributed by atoms with Crippen molar-refractivity contribution in [3.8, 4) is 16.9 Å². The number of amides is 1. The van der Waals surface area contributed by atoms with Gasteiger partial charge in [-0.05, 0) is 48.4 Å². The molecule has 0 saturated carbocycles. The molecular formula is C23H25ClIN7O2. The Hall–Kier alpha value is -3.12. The number of aryl methyl sites for hydroxylation is 2. The standard InChI is InChI=1S/C23H24ClN7O2.HI/c1-4-31-17-11-14(13-5-8-15(33-3)9-6-13)7-10-16(17)30(2)18(31)12-27-23(32)19-21(25)29-22(26)20(24)28-19;/h5-11H,4,12H2,1-3H3,(H4-,25,26,27,29,32);1H. The number of fused-ring (bicyclic) bond motifs is 1. The zero-order valence-corrected chi connectivity index (χ0v) is 21.9. The van der Waals surface area contributed by atoms with Gasteiger partial charge < -0.3 is 45.5 Å². The second-order valence-electron chi connectivity index (χ2n) is 7.47. The smallest absolute Gasteiger partial charge is 0.276 e. The number of imidazole rings is 1. The molecule has 1 amide bonds. The zero-order chi connectivity index (χ0) is 23.7. The lowest BCUT2D eigenvalue weighted by atomic mass is 10.0. The molecule has 178 valence electrons. The van der Waals surface area contributed by atoms with E-state index in [-0.39, 0.29) is 53.0 Å². The van der Waals surface area contributed by atoms with Crippen LogP contribution in [0.25, 0.3) is 22.2 Å². The van der Waals surface area contributed by atoms with Crippen LogP contribution in [0.3, 0.4) is 0 Å². The highest BCUT2D eigenvalue weighted by atomic mass is 127. The number of benzene rings is 2. The van der Waals surface area contributed by atoms with E-state index in [2.05, 4.69) is 49.5 Å². The van der Waals surface area contributed by atoms with Crippen molar-refractivity contribution in [3.05, 3.63) is 59.1 Å². The van der Waals surface area contributed by atoms with Gasteiger partial charge in [-0.2, -0.15) is 0 Å². The topological polar surface area (TPSA) is 125 Å². The minimum absolute atomic E-state index is 0. The number of rotatable bonds is 6. The summed E-state index contributed by atoms with van der Waals surface area (Å²) >= 11 is 5.91. The Balaban J connectivity index is 0.00000324. The monoisotopic (exact) mass is 593 g/mol. The molecule has 2 aromatic carbocycles. The van der Waals surface area contributed by atoms with Gasteiger partial charge in [-0.25, -0.2) is 19.1 Å². The second kappa shape index (κ2) is 10.4. The van der Waals surface area contributed by atoms with Gasteiger partial charge in [0.1, 0.15) is 12.3 Å². The van der Waals surface area contributed by atoms with Crippen molar-refractivity contribution in [2.75, 3.05) is 18.6 Å². The lowest BCUT2D eigenvalue weighted by Crippen LogP contribution is -3.00. The van der Waals surface area contributed by atoms with Crippen molar-refractivity contribution < 1.29 is 38.1 Å². The molecule has 0 aliphatic carbocycles. The van der Waals surface area contributed by atoms with Crippen molar-refractivity contribution in [3.63, 3.8) is 0 Å². The summed E-state index contributed by atoms with van der Waals surface area (Å²) in [6.45, 7) is 3.05. The number of hydrogen-bond acceptors (Lipinski definition) is 6. The molecule has 0 atom stereocenters. The van der Waals surface area contributed by atoms with E-state index in [4.69, 9.17) is 27.8 Å². The van der Waals surface area contributed by atoms with E-state index in [0.717, 1.165) is 40.3 Å². The Kier molecular flexibility index (Phi) is 7.82. The van der Waals surface area contributed by atoms with Crippen LogP contribution >= 0.6 is 11.6 Å². The fourth-order valence-corrected chi connectivity index (χ4v) is 3.99. The number of hydrogen-bond donors (Lipinski definition) is 3. The van der Waals surface area contributed by atoms with Crippen molar-refractivity contribution in [1.82, 2.24) is 19.9 Å². The first-order valence-corrected chi connectivity index (χ1v) is 10.7. The van der Waals surface area contributed by atoms with Crippen LogP contribution in [0, 0.1) is 0 Å². The summed E-state index contributed by atoms with van der Waals surface area (Å²) < 4.78 is 9.47. The zero-order valence-electron chi connectivity index (χ0n) is 19.0. The number of methoxy groups -OCH3 is 1. The molecule has 34 heavy (non-hydrogen) atoms. The van der Waals surface area contributed by atoms with E-state index in [1.54, 1.807) is 7.11 Å². The van der Waals surface area contributed by atoms with Crippen LogP contribution < -0.4 is 50.1 Å². The number of nitrogen functional groups attached to an aromatic ring is 2. The Labute approximate surface area is 219 Å². The first kappa shape index (κ1) is 25.5. The molecule has 4 aromatic rings. The Morgan fingerprint density at radius 3 is 2.44 bits per heavy atom. The minimum atomic E-state index is -0.478. The van der Waals surface area contributed by atoms with Crippen LogP contribution in [-0.2, 0) is 20.1 Å². The van der Waals surface area contributed by atoms with Gasteiger partial charge in [0.25, 0.3) is 11.7 Å². The summed E-state index contributed by atoms with van der Waals surface area (Å²) in [5, 5.41) is 2.80. The normalized spacial score (nSPS) is 10.7. The molecule has 4 rings (SSSR count). The van der Waals surface area contributed by atoms with Crippen molar-refractivity contribution in [2.24, 2.45) is 7.05 Å². The van der Waals surface area contributed by atoms with Crippen LogP contribution in [0.1, 0.15) is 23.2 Å². The summed E-state index contributed by atoms with van der Waals surface area (Å²) in [6, 6.07) is 14.3. The van der Waals surface area contributed by atoms with E-state index in [1.807, 2.05) is 31.3 Å². The number of ether oxygens (including phenoxy) is 1. The van der Waals surface area contributed by atoms with Gasteiger partial charge in [-0.1, -0.05) is 23.7 Å². The SMILES string of the molecule is CCn1c(CNC(=O)c2nc(Cl)c(N)nc2N)[n+](C)c2ccc(-c3ccc(OC)cc3)cc21.[I-]. The van der Waals surface area contributed by atoms with Gasteiger partial charge in [0, 0.05) is 0 Å². The number of nitrogens with two attached hydrogens (primary N) is 2. The Morgan fingerprint density at radius 2 is 1.79 bits per heavy atom. The number of carbonyl (C=O) groups excluding carboxylic acids is 1. The van der Waals surface area contributed by atoms with Gasteiger partial charge in [-0.3, -0.25) is 4.79 Å². The summed E-state index contributed by atoms with van der Waals surface area (Å²) in [5.41, 5.74) is 15.6. The number of carbonyl (C=O) groups is 1. The number of nitrogens with one attached hydrogen (secondary N) is 1. The lowest BCUT2D eigenvalue weighted by Gasteiger charge is -2.07. The molecule has 0 unspecified atom stereocenters. The molecule has 0 bridgehead atoms. The Morgan fingerprint density at radius 1 is 1.12 bits per heavy atom. The number of halogens is 2. The van der Waals surface area contributed by atoms with Crippen molar-refractivity contribution in [1.29, 1.82) is 0 Å². The Bertz CT molecular complexity index is 1360. The molecule has 0 spiro atoms. The molecule has 0 fully saturated rings. The van der Waals surface area contributed by atoms with E-state index in [0.29, 0.717) is 0 Å². The second-order valence-corrected chi connectivity index (χ2v) is 7.83. The van der Waals surface area contributed by atoms with Crippen LogP contribution in [0.15, 0.2) is 42.5 Å². The van der Waals surface area contributed by atoms with E-state index in [1.165, 1.54) is 0 Å². The highest BCUT2D eigenvalue weighted by molar-refractivity contribution is 6.31. The third-order valence-corrected chi connectivity index (χ3v) is 5.87. The maximum absolute atomic E-state index is 12.7. The third-order valence-electron chi connectivity index (χ3n) is 5.59. The predicted molar refractivity (Wildman–Crippen MR) is 128 cm³/mol. The predicted octanol–water partition coefficient (Wildman–Crippen LogP) is -0.297. The number of anilines is 2. The molecule has 0 aliphatic heterocycles. The largest absolute Gasteiger partial charge is 1.00 e. The van der Waals surface area contributed by atoms with E-state index < -0.39 is 5.91 Å². The van der Waals surface area contributed by atoms with Gasteiger partial charge >= 0.3 is 0 Å². The molecule has 5 N–H and O–H groups in total. The maximum atomic E-state index is 12.7. The summed E-state index contributed by atoms with van der Waals surface area (Å²) in [5.74, 6) is 1.17. The van der Waals surface area contributed by atoms with Crippen molar-refractivity contribution in [2.45, 2.75) is 20.0 Å². The molecule has 0 saturated heterocycles. The summed E-state index contributed by atoms with van der Waals surface area (Å²) in [4.78, 5) is 20.5. The summed E-state index contributed by atoms with van der Waals surface area (Å²) in [6.07, 6.45) is 0. The third kappa shape index (κ3) is 4.73. The first-order chi connectivity index (χ1) is 15.8. The fourth-order valence-electron chi connectivity index (χ4n) is 3.86. The van der Waals surface area contributed by atoms with Gasteiger partial charge in [0.05, 0.1) is 20.7 Å². The molecule has 0 aliphatic rings. The van der Waals surface area contributed by atoms with Crippen LogP contribution in [0.4, 0.5) is 11.6 Å². The number of aromatic nitrogens is 4. The molecule has 0 radical (unpaired) electrons. The van der Waals surface area contributed by atoms with E-state index in [9.17, 15) is 4.79 Å². The molecule has 9 nitrogen and oxygen atoms in total. The van der Waals surface area contributed by atoms with Gasteiger partial charge in [-0.15, -0.1) is 0 Å². The quantitative estimate of drug-likeness (QED) is 0.208. The first-order valence-electron chi connectivity index (χ1n) is 10.4. The van der Waals surface area contributed by atoms with Crippen LogP contribution in [0.5, 0.6) is 5.75 Å². The lowest BCUT2D eigenvalue weighted by molar-refractivity contribution is -0.654. The van der Waals surface area contributed by atoms with Crippen LogP contribution in [0.2, 0.25) is 5.15 Å². The average molecular weight is 594 g/mol. The number of nitrogens with zero attached hydrogens (tertiary/aromatic N) is 4. The van der Waals surface area contributed by atoms with Crippen LogP contribution in [-0.4, -0.2) is 27.6 Å². The molecule has 11 heteroatoms. The molecule has 2 aromatic heterocycles. The van der Waals surface area contributed by atoms with Gasteiger partial charge in [0.15, 0.2) is 33.5 Å². The summed E-state index contributed by atoms with van der Waals surface area (Å²) in [7, 11) is 3.62.